The number of anilines is 1. The van der Waals surface area contributed by atoms with Crippen LogP contribution in [0.4, 0.5) is 5.13 Å². The third-order valence-electron chi connectivity index (χ3n) is 5.19. The molecule has 0 unspecified atom stereocenters. The third-order valence-corrected chi connectivity index (χ3v) is 6.73. The van der Waals surface area contributed by atoms with Gasteiger partial charge in [0, 0.05) is 13.1 Å². The standard InChI is InChI=1S/C24H24ClN3O2S/c1-27(2)13-14-28(24-26-22-20(30-3)12-11-19(25)23(22)31-24)21(29)15-17-9-6-8-16-7-4-5-10-18(16)17/h4-12H,13-15H2,1-3H3. The average Bonchev–Trinajstić information content (AvgIpc) is 3.20. The molecule has 0 aliphatic rings. The Labute approximate surface area is 190 Å². The number of rotatable bonds is 7. The molecule has 0 saturated heterocycles. The maximum absolute atomic E-state index is 13.5. The summed E-state index contributed by atoms with van der Waals surface area (Å²) < 4.78 is 6.27. The Morgan fingerprint density at radius 1 is 1.06 bits per heavy atom. The zero-order valence-electron chi connectivity index (χ0n) is 17.8. The van der Waals surface area contributed by atoms with Crippen LogP contribution in [-0.4, -0.2) is 50.1 Å². The van der Waals surface area contributed by atoms with Crippen LogP contribution in [0.2, 0.25) is 5.02 Å². The van der Waals surface area contributed by atoms with E-state index >= 15 is 0 Å². The molecule has 1 heterocycles. The quantitative estimate of drug-likeness (QED) is 0.383. The van der Waals surface area contributed by atoms with Crippen molar-refractivity contribution in [3.63, 3.8) is 0 Å². The molecular formula is C24H24ClN3O2S. The third kappa shape index (κ3) is 4.51. The van der Waals surface area contributed by atoms with E-state index in [1.807, 2.05) is 38.4 Å². The lowest BCUT2D eigenvalue weighted by molar-refractivity contribution is -0.118. The van der Waals surface area contributed by atoms with Crippen LogP contribution >= 0.6 is 22.9 Å². The Kier molecular flexibility index (Phi) is 6.41. The van der Waals surface area contributed by atoms with Gasteiger partial charge in [0.2, 0.25) is 5.91 Å². The van der Waals surface area contributed by atoms with Crippen molar-refractivity contribution in [3.05, 3.63) is 65.2 Å². The van der Waals surface area contributed by atoms with E-state index in [0.29, 0.717) is 34.4 Å². The van der Waals surface area contributed by atoms with E-state index in [-0.39, 0.29) is 5.91 Å². The van der Waals surface area contributed by atoms with Gasteiger partial charge in [-0.25, -0.2) is 4.98 Å². The van der Waals surface area contributed by atoms with E-state index in [9.17, 15) is 4.79 Å². The summed E-state index contributed by atoms with van der Waals surface area (Å²) in [7, 11) is 5.59. The Morgan fingerprint density at radius 2 is 1.84 bits per heavy atom. The predicted molar refractivity (Wildman–Crippen MR) is 130 cm³/mol. The van der Waals surface area contributed by atoms with Gasteiger partial charge in [-0.3, -0.25) is 9.69 Å². The minimum atomic E-state index is 0.00680. The molecule has 3 aromatic carbocycles. The molecule has 0 fully saturated rings. The number of methoxy groups -OCH3 is 1. The van der Waals surface area contributed by atoms with Gasteiger partial charge < -0.3 is 9.64 Å². The molecule has 5 nitrogen and oxygen atoms in total. The minimum Gasteiger partial charge on any atom is -0.494 e. The van der Waals surface area contributed by atoms with E-state index in [0.717, 1.165) is 27.6 Å². The maximum atomic E-state index is 13.5. The van der Waals surface area contributed by atoms with Gasteiger partial charge in [0.1, 0.15) is 11.3 Å². The topological polar surface area (TPSA) is 45.7 Å². The molecule has 1 amide bonds. The lowest BCUT2D eigenvalue weighted by atomic mass is 10.0. The van der Waals surface area contributed by atoms with Gasteiger partial charge in [-0.2, -0.15) is 0 Å². The highest BCUT2D eigenvalue weighted by molar-refractivity contribution is 7.23. The van der Waals surface area contributed by atoms with Crippen molar-refractivity contribution in [2.75, 3.05) is 39.2 Å². The summed E-state index contributed by atoms with van der Waals surface area (Å²) in [6, 6.07) is 17.8. The second-order valence-electron chi connectivity index (χ2n) is 7.59. The molecular weight excluding hydrogens is 430 g/mol. The number of fused-ring (bicyclic) bond motifs is 2. The molecule has 1 aromatic heterocycles. The number of benzene rings is 3. The van der Waals surface area contributed by atoms with Crippen molar-refractivity contribution >= 4 is 55.0 Å². The lowest BCUT2D eigenvalue weighted by Crippen LogP contribution is -2.37. The molecule has 4 aromatic rings. The van der Waals surface area contributed by atoms with Gasteiger partial charge in [-0.05, 0) is 42.6 Å². The number of aromatic nitrogens is 1. The van der Waals surface area contributed by atoms with E-state index in [4.69, 9.17) is 21.3 Å². The zero-order valence-corrected chi connectivity index (χ0v) is 19.3. The van der Waals surface area contributed by atoms with E-state index < -0.39 is 0 Å². The number of amides is 1. The smallest absolute Gasteiger partial charge is 0.233 e. The number of thiazole rings is 1. The summed E-state index contributed by atoms with van der Waals surface area (Å²) in [5, 5.41) is 3.46. The molecule has 0 aliphatic heterocycles. The molecule has 160 valence electrons. The summed E-state index contributed by atoms with van der Waals surface area (Å²) in [4.78, 5) is 22.1. The molecule has 7 heteroatoms. The van der Waals surface area contributed by atoms with Crippen molar-refractivity contribution in [1.82, 2.24) is 9.88 Å². The molecule has 31 heavy (non-hydrogen) atoms. The number of ether oxygens (including phenoxy) is 1. The van der Waals surface area contributed by atoms with Crippen molar-refractivity contribution in [2.24, 2.45) is 0 Å². The summed E-state index contributed by atoms with van der Waals surface area (Å²) >= 11 is 7.83. The fourth-order valence-electron chi connectivity index (χ4n) is 3.55. The normalized spacial score (nSPS) is 11.4. The van der Waals surface area contributed by atoms with Gasteiger partial charge >= 0.3 is 0 Å². The van der Waals surface area contributed by atoms with Crippen LogP contribution < -0.4 is 9.64 Å². The minimum absolute atomic E-state index is 0.00680. The van der Waals surface area contributed by atoms with Gasteiger partial charge in [-0.15, -0.1) is 0 Å². The number of hydrogen-bond donors (Lipinski definition) is 0. The number of halogens is 1. The molecule has 0 bridgehead atoms. The largest absolute Gasteiger partial charge is 0.494 e. The Morgan fingerprint density at radius 3 is 2.61 bits per heavy atom. The average molecular weight is 454 g/mol. The first-order valence-electron chi connectivity index (χ1n) is 10.0. The fraction of sp³-hybridized carbons (Fsp3) is 0.250. The monoisotopic (exact) mass is 453 g/mol. The second kappa shape index (κ2) is 9.22. The van der Waals surface area contributed by atoms with Crippen molar-refractivity contribution in [3.8, 4) is 5.75 Å². The Balaban J connectivity index is 1.72. The number of carbonyl (C=O) groups excluding carboxylic acids is 1. The number of nitrogens with zero attached hydrogens (tertiary/aromatic N) is 3. The van der Waals surface area contributed by atoms with Gasteiger partial charge in [0.25, 0.3) is 0 Å². The molecule has 0 saturated carbocycles. The molecule has 0 aliphatic carbocycles. The molecule has 0 radical (unpaired) electrons. The molecule has 0 spiro atoms. The van der Waals surface area contributed by atoms with Crippen LogP contribution in [0.15, 0.2) is 54.6 Å². The maximum Gasteiger partial charge on any atom is 0.233 e. The Bertz CT molecular complexity index is 1230. The highest BCUT2D eigenvalue weighted by Crippen LogP contribution is 2.39. The van der Waals surface area contributed by atoms with Crippen LogP contribution in [-0.2, 0) is 11.2 Å². The first-order chi connectivity index (χ1) is 15.0. The van der Waals surface area contributed by atoms with Crippen LogP contribution in [0.3, 0.4) is 0 Å². The molecule has 4 rings (SSSR count). The van der Waals surface area contributed by atoms with Crippen molar-refractivity contribution in [1.29, 1.82) is 0 Å². The first kappa shape index (κ1) is 21.6. The van der Waals surface area contributed by atoms with Gasteiger partial charge in [-0.1, -0.05) is 65.4 Å². The summed E-state index contributed by atoms with van der Waals surface area (Å²) in [5.74, 6) is 0.656. The number of carbonyl (C=O) groups is 1. The summed E-state index contributed by atoms with van der Waals surface area (Å²) in [5.41, 5.74) is 1.69. The highest BCUT2D eigenvalue weighted by Gasteiger charge is 2.22. The SMILES string of the molecule is COc1ccc(Cl)c2sc(N(CCN(C)C)C(=O)Cc3cccc4ccccc34)nc12. The molecule has 0 N–H and O–H groups in total. The Hall–Kier alpha value is -2.67. The van der Waals surface area contributed by atoms with E-state index in [1.165, 1.54) is 11.3 Å². The van der Waals surface area contributed by atoms with Crippen LogP contribution in [0.25, 0.3) is 21.0 Å². The lowest BCUT2D eigenvalue weighted by Gasteiger charge is -2.22. The number of likely N-dealkylation sites (N-methyl/N-ethyl adjacent to an activating group) is 1. The highest BCUT2D eigenvalue weighted by atomic mass is 35.5. The van der Waals surface area contributed by atoms with Crippen molar-refractivity contribution in [2.45, 2.75) is 6.42 Å². The molecule has 0 atom stereocenters. The van der Waals surface area contributed by atoms with Crippen LogP contribution in [0.1, 0.15) is 5.56 Å². The van der Waals surface area contributed by atoms with E-state index in [2.05, 4.69) is 23.1 Å². The second-order valence-corrected chi connectivity index (χ2v) is 8.97. The van der Waals surface area contributed by atoms with Crippen molar-refractivity contribution < 1.29 is 9.53 Å². The van der Waals surface area contributed by atoms with Crippen LogP contribution in [0, 0.1) is 0 Å². The van der Waals surface area contributed by atoms with E-state index in [1.54, 1.807) is 24.1 Å². The van der Waals surface area contributed by atoms with Gasteiger partial charge in [0.05, 0.1) is 23.3 Å². The predicted octanol–water partition coefficient (Wildman–Crippen LogP) is 5.25. The number of hydrogen-bond acceptors (Lipinski definition) is 5. The fourth-order valence-corrected chi connectivity index (χ4v) is 4.85. The van der Waals surface area contributed by atoms with Gasteiger partial charge in [0.15, 0.2) is 5.13 Å². The summed E-state index contributed by atoms with van der Waals surface area (Å²) in [6.45, 7) is 1.26. The summed E-state index contributed by atoms with van der Waals surface area (Å²) in [6.07, 6.45) is 0.301. The first-order valence-corrected chi connectivity index (χ1v) is 11.2. The van der Waals surface area contributed by atoms with Crippen LogP contribution in [0.5, 0.6) is 5.75 Å². The zero-order chi connectivity index (χ0) is 22.0.